The van der Waals surface area contributed by atoms with Crippen LogP contribution in [-0.4, -0.2) is 16.0 Å². The van der Waals surface area contributed by atoms with Gasteiger partial charge in [-0.05, 0) is 60.1 Å². The Kier molecular flexibility index (Phi) is 6.28. The fourth-order valence-corrected chi connectivity index (χ4v) is 2.36. The molecule has 0 N–H and O–H groups in total. The first-order valence-corrected chi connectivity index (χ1v) is 7.88. The molecule has 2 aromatic carbocycles. The van der Waals surface area contributed by atoms with Crippen molar-refractivity contribution in [3.05, 3.63) is 87.9 Å². The van der Waals surface area contributed by atoms with Gasteiger partial charge >= 0.3 is 0 Å². The maximum absolute atomic E-state index is 12.6. The minimum absolute atomic E-state index is 0.167. The number of nitrogens with zero attached hydrogens (tertiary/aromatic N) is 1. The van der Waals surface area contributed by atoms with Crippen LogP contribution >= 0.6 is 22.9 Å². The molecule has 0 spiro atoms. The molecule has 1 heterocycles. The zero-order valence-electron chi connectivity index (χ0n) is 12.1. The van der Waals surface area contributed by atoms with Crippen LogP contribution in [0.2, 0.25) is 0 Å². The maximum atomic E-state index is 12.6. The molecule has 3 rings (SSSR count). The maximum Gasteiger partial charge on any atom is 0.252 e. The van der Waals surface area contributed by atoms with Gasteiger partial charge in [0.05, 0.1) is 0 Å². The second-order valence-electron chi connectivity index (χ2n) is 4.45. The number of carbonyl (C=O) groups excluding carboxylic acids is 2. The van der Waals surface area contributed by atoms with Crippen LogP contribution in [0, 0.1) is 11.6 Å². The summed E-state index contributed by atoms with van der Waals surface area (Å²) >= 11 is 6.37. The van der Waals surface area contributed by atoms with Crippen molar-refractivity contribution in [3.63, 3.8) is 0 Å². The first kappa shape index (κ1) is 17.9. The Morgan fingerprint density at radius 3 is 1.79 bits per heavy atom. The van der Waals surface area contributed by atoms with Gasteiger partial charge in [-0.15, -0.1) is 11.3 Å². The van der Waals surface area contributed by atoms with Crippen molar-refractivity contribution in [2.45, 2.75) is 0 Å². The normalized spacial score (nSPS) is 9.79. The molecular formula is C17H10ClF2NO2S. The van der Waals surface area contributed by atoms with Crippen molar-refractivity contribution < 1.29 is 18.4 Å². The first-order chi connectivity index (χ1) is 11.5. The van der Waals surface area contributed by atoms with E-state index >= 15 is 0 Å². The van der Waals surface area contributed by atoms with E-state index in [0.717, 1.165) is 0 Å². The Morgan fingerprint density at radius 2 is 1.38 bits per heavy atom. The van der Waals surface area contributed by atoms with Gasteiger partial charge in [0.15, 0.2) is 5.01 Å². The van der Waals surface area contributed by atoms with Crippen molar-refractivity contribution in [1.29, 1.82) is 0 Å². The summed E-state index contributed by atoms with van der Waals surface area (Å²) in [5.41, 5.74) is 0.768. The highest BCUT2D eigenvalue weighted by molar-refractivity contribution is 7.11. The van der Waals surface area contributed by atoms with Crippen molar-refractivity contribution in [3.8, 4) is 0 Å². The monoisotopic (exact) mass is 365 g/mol. The molecular weight excluding hydrogens is 356 g/mol. The summed E-state index contributed by atoms with van der Waals surface area (Å²) in [6, 6.07) is 10.5. The van der Waals surface area contributed by atoms with Crippen molar-refractivity contribution in [1.82, 2.24) is 4.98 Å². The Labute approximate surface area is 145 Å². The lowest BCUT2D eigenvalue weighted by Crippen LogP contribution is -1.99. The number of halogens is 3. The molecule has 7 heteroatoms. The van der Waals surface area contributed by atoms with Gasteiger partial charge in [-0.25, -0.2) is 13.8 Å². The lowest BCUT2D eigenvalue weighted by atomic mass is 10.1. The predicted octanol–water partition coefficient (Wildman–Crippen LogP) is 4.72. The highest BCUT2D eigenvalue weighted by atomic mass is 35.5. The van der Waals surface area contributed by atoms with Crippen LogP contribution in [0.1, 0.15) is 25.7 Å². The van der Waals surface area contributed by atoms with Gasteiger partial charge in [0, 0.05) is 22.7 Å². The van der Waals surface area contributed by atoms with Crippen molar-refractivity contribution in [2.24, 2.45) is 0 Å². The largest absolute Gasteiger partial charge is 0.286 e. The van der Waals surface area contributed by atoms with Gasteiger partial charge in [0.2, 0.25) is 5.78 Å². The second-order valence-corrected chi connectivity index (χ2v) is 5.69. The summed E-state index contributed by atoms with van der Waals surface area (Å²) in [4.78, 5) is 25.9. The van der Waals surface area contributed by atoms with Crippen LogP contribution in [0.4, 0.5) is 8.78 Å². The molecule has 0 fully saturated rings. The lowest BCUT2D eigenvalue weighted by Gasteiger charge is -1.95. The Morgan fingerprint density at radius 1 is 0.875 bits per heavy atom. The summed E-state index contributed by atoms with van der Waals surface area (Å²) < 4.78 is 24.8. The third-order valence-electron chi connectivity index (χ3n) is 2.80. The number of ketones is 1. The van der Waals surface area contributed by atoms with Gasteiger partial charge in [-0.1, -0.05) is 0 Å². The molecule has 0 bridgehead atoms. The molecule has 24 heavy (non-hydrogen) atoms. The van der Waals surface area contributed by atoms with Gasteiger partial charge in [0.1, 0.15) is 11.6 Å². The van der Waals surface area contributed by atoms with Gasteiger partial charge in [0.25, 0.3) is 5.24 Å². The molecule has 0 saturated heterocycles. The molecule has 3 aromatic rings. The van der Waals surface area contributed by atoms with Gasteiger partial charge in [-0.2, -0.15) is 0 Å². The summed E-state index contributed by atoms with van der Waals surface area (Å²) in [7, 11) is 0. The van der Waals surface area contributed by atoms with E-state index in [9.17, 15) is 18.4 Å². The van der Waals surface area contributed by atoms with Crippen molar-refractivity contribution in [2.75, 3.05) is 0 Å². The minimum Gasteiger partial charge on any atom is -0.286 e. The Balaban J connectivity index is 0.000000185. The minimum atomic E-state index is -0.569. The second kappa shape index (κ2) is 8.42. The zero-order valence-corrected chi connectivity index (χ0v) is 13.7. The number of rotatable bonds is 3. The molecule has 0 unspecified atom stereocenters. The van der Waals surface area contributed by atoms with Crippen molar-refractivity contribution >= 4 is 34.0 Å². The predicted molar refractivity (Wildman–Crippen MR) is 88.5 cm³/mol. The van der Waals surface area contributed by atoms with E-state index in [-0.39, 0.29) is 17.4 Å². The number of aromatic nitrogens is 1. The number of benzene rings is 2. The molecule has 3 nitrogen and oxygen atoms in total. The summed E-state index contributed by atoms with van der Waals surface area (Å²) in [6.45, 7) is 0. The Hall–Kier alpha value is -2.44. The zero-order chi connectivity index (χ0) is 17.5. The van der Waals surface area contributed by atoms with E-state index in [1.807, 2.05) is 0 Å². The molecule has 0 saturated carbocycles. The average Bonchev–Trinajstić information content (AvgIpc) is 3.10. The molecule has 0 aliphatic heterocycles. The van der Waals surface area contributed by atoms with E-state index in [4.69, 9.17) is 11.6 Å². The summed E-state index contributed by atoms with van der Waals surface area (Å²) in [5, 5.41) is 1.59. The molecule has 1 aromatic heterocycles. The lowest BCUT2D eigenvalue weighted by molar-refractivity contribution is 0.103. The van der Waals surface area contributed by atoms with Gasteiger partial charge < -0.3 is 0 Å². The van der Waals surface area contributed by atoms with E-state index < -0.39 is 5.24 Å². The van der Waals surface area contributed by atoms with Gasteiger partial charge in [-0.3, -0.25) is 9.59 Å². The fraction of sp³-hybridized carbons (Fsp3) is 0. The summed E-state index contributed by atoms with van der Waals surface area (Å²) in [5.74, 6) is -0.887. The molecule has 0 atom stereocenters. The topological polar surface area (TPSA) is 47.0 Å². The van der Waals surface area contributed by atoms with E-state index in [0.29, 0.717) is 16.1 Å². The van der Waals surface area contributed by atoms with E-state index in [2.05, 4.69) is 4.98 Å². The molecule has 0 aliphatic carbocycles. The molecule has 0 amide bonds. The van der Waals surface area contributed by atoms with Crippen LogP contribution < -0.4 is 0 Å². The third kappa shape index (κ3) is 5.04. The number of hydrogen-bond acceptors (Lipinski definition) is 4. The standard InChI is InChI=1S/C10H6FNOS.C7H4ClFO/c11-8-3-1-7(2-4-8)9(13)10-12-5-6-14-10;8-7(10)5-1-3-6(9)4-2-5/h1-6H;1-4H. The van der Waals surface area contributed by atoms with Crippen LogP contribution in [0.5, 0.6) is 0 Å². The Bertz CT molecular complexity index is 819. The van der Waals surface area contributed by atoms with E-state index in [1.54, 1.807) is 11.6 Å². The molecule has 0 radical (unpaired) electrons. The van der Waals surface area contributed by atoms with E-state index in [1.165, 1.54) is 59.9 Å². The smallest absolute Gasteiger partial charge is 0.252 e. The number of carbonyl (C=O) groups is 2. The van der Waals surface area contributed by atoms with Crippen LogP contribution in [-0.2, 0) is 0 Å². The van der Waals surface area contributed by atoms with Crippen LogP contribution in [0.15, 0.2) is 60.1 Å². The highest BCUT2D eigenvalue weighted by Gasteiger charge is 2.10. The van der Waals surface area contributed by atoms with Crippen LogP contribution in [0.25, 0.3) is 0 Å². The first-order valence-electron chi connectivity index (χ1n) is 6.62. The molecule has 0 aliphatic rings. The highest BCUT2D eigenvalue weighted by Crippen LogP contribution is 2.12. The quantitative estimate of drug-likeness (QED) is 0.498. The average molecular weight is 366 g/mol. The van der Waals surface area contributed by atoms with Crippen LogP contribution in [0.3, 0.4) is 0 Å². The number of hydrogen-bond donors (Lipinski definition) is 0. The fourth-order valence-electron chi connectivity index (χ4n) is 1.64. The SMILES string of the molecule is O=C(Cl)c1ccc(F)cc1.O=C(c1ccc(F)cc1)c1nccs1. The third-order valence-corrected chi connectivity index (χ3v) is 3.79. The number of thiazole rings is 1. The molecule has 122 valence electrons. The summed E-state index contributed by atoms with van der Waals surface area (Å²) in [6.07, 6.45) is 1.57.